The van der Waals surface area contributed by atoms with Gasteiger partial charge >= 0.3 is 0 Å². The molecule has 0 spiro atoms. The van der Waals surface area contributed by atoms with Crippen LogP contribution in [0.1, 0.15) is 12.8 Å². The normalized spacial score (nSPS) is 28.7. The number of amides is 4. The Labute approximate surface area is 121 Å². The molecule has 0 saturated carbocycles. The van der Waals surface area contributed by atoms with Gasteiger partial charge in [0.25, 0.3) is 0 Å². The molecule has 1 aliphatic carbocycles. The number of hydrogen-bond donors (Lipinski definition) is 1. The first kappa shape index (κ1) is 13.8. The summed E-state index contributed by atoms with van der Waals surface area (Å²) >= 11 is 0. The van der Waals surface area contributed by atoms with Gasteiger partial charge in [-0.3, -0.25) is 24.1 Å². The minimum atomic E-state index is -0.349. The smallest absolute Gasteiger partial charge is 0.243 e. The summed E-state index contributed by atoms with van der Waals surface area (Å²) in [6, 6.07) is 0. The van der Waals surface area contributed by atoms with E-state index in [0.717, 1.165) is 4.90 Å². The van der Waals surface area contributed by atoms with Gasteiger partial charge in [0.05, 0.1) is 18.4 Å². The number of nitrogens with zero attached hydrogens (tertiary/aromatic N) is 2. The molecule has 2 aliphatic heterocycles. The highest BCUT2D eigenvalue weighted by molar-refractivity contribution is 6.07. The maximum Gasteiger partial charge on any atom is 0.243 e. The van der Waals surface area contributed by atoms with Crippen LogP contribution in [0.15, 0.2) is 12.2 Å². The lowest BCUT2D eigenvalue weighted by atomic mass is 9.85. The van der Waals surface area contributed by atoms with Gasteiger partial charge < -0.3 is 10.2 Å². The predicted octanol–water partition coefficient (Wildman–Crippen LogP) is -1.10. The van der Waals surface area contributed by atoms with Gasteiger partial charge in [0.2, 0.25) is 23.6 Å². The van der Waals surface area contributed by atoms with E-state index in [1.807, 2.05) is 12.2 Å². The van der Waals surface area contributed by atoms with E-state index in [-0.39, 0.29) is 48.6 Å². The van der Waals surface area contributed by atoms with E-state index < -0.39 is 0 Å². The van der Waals surface area contributed by atoms with Crippen molar-refractivity contribution in [2.24, 2.45) is 11.8 Å². The van der Waals surface area contributed by atoms with Crippen molar-refractivity contribution in [1.82, 2.24) is 15.1 Å². The molecule has 2 heterocycles. The molecule has 3 rings (SSSR count). The Balaban J connectivity index is 1.67. The molecule has 3 aliphatic rings. The summed E-state index contributed by atoms with van der Waals surface area (Å²) in [4.78, 5) is 50.4. The standard InChI is InChI=1S/C14H17N3O4/c18-11-7-16(6-5-15-11)12(19)8-17-13(20)9-3-1-2-4-10(9)14(17)21/h1-2,9-10H,3-8H2,(H,15,18)/t9-,10-/m1/s1. The zero-order valence-electron chi connectivity index (χ0n) is 11.6. The van der Waals surface area contributed by atoms with E-state index >= 15 is 0 Å². The summed E-state index contributed by atoms with van der Waals surface area (Å²) < 4.78 is 0. The molecule has 2 fully saturated rings. The largest absolute Gasteiger partial charge is 0.353 e. The van der Waals surface area contributed by atoms with Crippen molar-refractivity contribution in [1.29, 1.82) is 0 Å². The molecule has 2 saturated heterocycles. The summed E-state index contributed by atoms with van der Waals surface area (Å²) in [6.07, 6.45) is 4.94. The van der Waals surface area contributed by atoms with Crippen molar-refractivity contribution >= 4 is 23.6 Å². The molecule has 0 aromatic rings. The molecule has 2 atom stereocenters. The van der Waals surface area contributed by atoms with Gasteiger partial charge in [0, 0.05) is 13.1 Å². The first-order chi connectivity index (χ1) is 10.1. The van der Waals surface area contributed by atoms with Crippen LogP contribution in [0.5, 0.6) is 0 Å². The second kappa shape index (κ2) is 5.31. The number of allylic oxidation sites excluding steroid dienone is 2. The van der Waals surface area contributed by atoms with Crippen molar-refractivity contribution in [3.8, 4) is 0 Å². The van der Waals surface area contributed by atoms with E-state index in [1.165, 1.54) is 4.90 Å². The van der Waals surface area contributed by atoms with E-state index in [0.29, 0.717) is 25.9 Å². The topological polar surface area (TPSA) is 86.8 Å². The van der Waals surface area contributed by atoms with Crippen LogP contribution in [0, 0.1) is 11.8 Å². The Bertz CT molecular complexity index is 516. The van der Waals surface area contributed by atoms with E-state index in [2.05, 4.69) is 5.32 Å². The number of nitrogens with one attached hydrogen (secondary N) is 1. The summed E-state index contributed by atoms with van der Waals surface area (Å²) in [5.74, 6) is -1.72. The third kappa shape index (κ3) is 2.43. The van der Waals surface area contributed by atoms with Crippen LogP contribution in [0.3, 0.4) is 0 Å². The number of imide groups is 1. The molecule has 0 bridgehead atoms. The van der Waals surface area contributed by atoms with Crippen LogP contribution >= 0.6 is 0 Å². The SMILES string of the molecule is O=C1CN(C(=O)CN2C(=O)[C@@H]3CC=CC[C@H]3C2=O)CCN1. The molecule has 7 heteroatoms. The maximum atomic E-state index is 12.3. The van der Waals surface area contributed by atoms with Gasteiger partial charge in [-0.2, -0.15) is 0 Å². The average Bonchev–Trinajstić information content (AvgIpc) is 2.73. The fraction of sp³-hybridized carbons (Fsp3) is 0.571. The van der Waals surface area contributed by atoms with Crippen LogP contribution in [-0.2, 0) is 19.2 Å². The molecule has 21 heavy (non-hydrogen) atoms. The number of hydrogen-bond acceptors (Lipinski definition) is 4. The van der Waals surface area contributed by atoms with Crippen LogP contribution < -0.4 is 5.32 Å². The van der Waals surface area contributed by atoms with Gasteiger partial charge in [-0.15, -0.1) is 0 Å². The predicted molar refractivity (Wildman–Crippen MR) is 71.7 cm³/mol. The van der Waals surface area contributed by atoms with Crippen LogP contribution in [-0.4, -0.2) is 59.6 Å². The molecule has 1 N–H and O–H groups in total. The lowest BCUT2D eigenvalue weighted by molar-refractivity contribution is -0.147. The maximum absolute atomic E-state index is 12.3. The monoisotopic (exact) mass is 291 g/mol. The number of carbonyl (C=O) groups is 4. The van der Waals surface area contributed by atoms with Gasteiger partial charge in [-0.05, 0) is 12.8 Å². The highest BCUT2D eigenvalue weighted by Crippen LogP contribution is 2.34. The Morgan fingerprint density at radius 3 is 2.33 bits per heavy atom. The molecule has 112 valence electrons. The Hall–Kier alpha value is -2.18. The molecular formula is C14H17N3O4. The third-order valence-electron chi connectivity index (χ3n) is 4.28. The van der Waals surface area contributed by atoms with Crippen LogP contribution in [0.4, 0.5) is 0 Å². The van der Waals surface area contributed by atoms with Crippen LogP contribution in [0.25, 0.3) is 0 Å². The molecule has 4 amide bonds. The van der Waals surface area contributed by atoms with Gasteiger partial charge in [0.1, 0.15) is 6.54 Å². The van der Waals surface area contributed by atoms with Crippen molar-refractivity contribution in [2.75, 3.05) is 26.2 Å². The van der Waals surface area contributed by atoms with E-state index in [1.54, 1.807) is 0 Å². The fourth-order valence-electron chi connectivity index (χ4n) is 3.11. The molecule has 0 aromatic carbocycles. The first-order valence-electron chi connectivity index (χ1n) is 7.12. The second-order valence-electron chi connectivity index (χ2n) is 5.58. The van der Waals surface area contributed by atoms with Crippen molar-refractivity contribution in [2.45, 2.75) is 12.8 Å². The highest BCUT2D eigenvalue weighted by atomic mass is 16.2. The highest BCUT2D eigenvalue weighted by Gasteiger charge is 2.47. The fourth-order valence-corrected chi connectivity index (χ4v) is 3.11. The number of fused-ring (bicyclic) bond motifs is 1. The summed E-state index contributed by atoms with van der Waals surface area (Å²) in [5, 5.41) is 2.63. The first-order valence-corrected chi connectivity index (χ1v) is 7.12. The number of rotatable bonds is 2. The van der Waals surface area contributed by atoms with Crippen molar-refractivity contribution in [3.05, 3.63) is 12.2 Å². The number of piperazine rings is 1. The van der Waals surface area contributed by atoms with Crippen molar-refractivity contribution in [3.63, 3.8) is 0 Å². The molecule has 0 radical (unpaired) electrons. The van der Waals surface area contributed by atoms with Crippen molar-refractivity contribution < 1.29 is 19.2 Å². The summed E-state index contributed by atoms with van der Waals surface area (Å²) in [7, 11) is 0. The zero-order valence-corrected chi connectivity index (χ0v) is 11.6. The Morgan fingerprint density at radius 2 is 1.76 bits per heavy atom. The average molecular weight is 291 g/mol. The van der Waals surface area contributed by atoms with E-state index in [4.69, 9.17) is 0 Å². The second-order valence-corrected chi connectivity index (χ2v) is 5.58. The van der Waals surface area contributed by atoms with Gasteiger partial charge in [-0.25, -0.2) is 0 Å². The quantitative estimate of drug-likeness (QED) is 0.516. The molecular weight excluding hydrogens is 274 g/mol. The lowest BCUT2D eigenvalue weighted by Crippen LogP contribution is -2.53. The number of likely N-dealkylation sites (tertiary alicyclic amines) is 1. The number of carbonyl (C=O) groups excluding carboxylic acids is 4. The summed E-state index contributed by atoms with van der Waals surface area (Å²) in [5.41, 5.74) is 0. The van der Waals surface area contributed by atoms with Crippen LogP contribution in [0.2, 0.25) is 0 Å². The van der Waals surface area contributed by atoms with Gasteiger partial charge in [0.15, 0.2) is 0 Å². The molecule has 0 aromatic heterocycles. The minimum absolute atomic E-state index is 0.0104. The molecule has 0 unspecified atom stereocenters. The third-order valence-corrected chi connectivity index (χ3v) is 4.28. The Morgan fingerprint density at radius 1 is 1.14 bits per heavy atom. The lowest BCUT2D eigenvalue weighted by Gasteiger charge is -2.28. The van der Waals surface area contributed by atoms with Gasteiger partial charge in [-0.1, -0.05) is 12.2 Å². The Kier molecular flexibility index (Phi) is 3.48. The summed E-state index contributed by atoms with van der Waals surface area (Å²) in [6.45, 7) is 0.554. The molecule has 7 nitrogen and oxygen atoms in total. The minimum Gasteiger partial charge on any atom is -0.353 e. The van der Waals surface area contributed by atoms with E-state index in [9.17, 15) is 19.2 Å². The zero-order chi connectivity index (χ0) is 15.0.